The van der Waals surface area contributed by atoms with Crippen LogP contribution in [0.4, 0.5) is 0 Å². The number of amidine groups is 1. The van der Waals surface area contributed by atoms with Crippen LogP contribution in [0.1, 0.15) is 28.8 Å². The zero-order chi connectivity index (χ0) is 18.1. The summed E-state index contributed by atoms with van der Waals surface area (Å²) >= 11 is 18.1. The first-order valence-corrected chi connectivity index (χ1v) is 9.35. The molecule has 0 saturated heterocycles. The van der Waals surface area contributed by atoms with Gasteiger partial charge in [-0.25, -0.2) is 0 Å². The van der Waals surface area contributed by atoms with Gasteiger partial charge in [0.05, 0.1) is 6.04 Å². The maximum absolute atomic E-state index is 6.05. The Morgan fingerprint density at radius 3 is 1.59 bits per heavy atom. The van der Waals surface area contributed by atoms with Crippen LogP contribution in [0.2, 0.25) is 15.1 Å². The minimum Gasteiger partial charge on any atom is -0.361 e. The minimum atomic E-state index is -0.0564. The Hall–Kier alpha value is -1.71. The highest BCUT2D eigenvalue weighted by atomic mass is 35.5. The van der Waals surface area contributed by atoms with Crippen LogP contribution < -0.4 is 5.32 Å². The molecule has 0 amide bonds. The molecule has 3 aromatic carbocycles. The lowest BCUT2D eigenvalue weighted by Crippen LogP contribution is -2.25. The molecule has 3 aromatic rings. The number of nitrogens with zero attached hydrogens (tertiary/aromatic N) is 1. The van der Waals surface area contributed by atoms with E-state index in [2.05, 4.69) is 5.32 Å². The fraction of sp³-hybridized carbons (Fsp3) is 0.0952. The van der Waals surface area contributed by atoms with E-state index in [1.807, 2.05) is 72.8 Å². The van der Waals surface area contributed by atoms with Crippen molar-refractivity contribution in [3.63, 3.8) is 0 Å². The fourth-order valence-electron chi connectivity index (χ4n) is 3.11. The van der Waals surface area contributed by atoms with Gasteiger partial charge in [-0.3, -0.25) is 4.99 Å². The molecule has 1 heterocycles. The van der Waals surface area contributed by atoms with E-state index < -0.39 is 0 Å². The molecule has 1 N–H and O–H groups in total. The van der Waals surface area contributed by atoms with Crippen LogP contribution >= 0.6 is 47.2 Å². The number of benzene rings is 3. The van der Waals surface area contributed by atoms with Gasteiger partial charge in [0, 0.05) is 20.6 Å². The lowest BCUT2D eigenvalue weighted by molar-refractivity contribution is 0.572. The molecule has 6 heteroatoms. The minimum absolute atomic E-state index is 0. The van der Waals surface area contributed by atoms with E-state index in [9.17, 15) is 0 Å². The summed E-state index contributed by atoms with van der Waals surface area (Å²) in [6.07, 6.45) is 0. The van der Waals surface area contributed by atoms with Gasteiger partial charge in [-0.1, -0.05) is 59.1 Å². The van der Waals surface area contributed by atoms with E-state index >= 15 is 0 Å². The molecule has 138 valence electrons. The van der Waals surface area contributed by atoms with Crippen LogP contribution in [-0.4, -0.2) is 5.84 Å². The van der Waals surface area contributed by atoms with Crippen molar-refractivity contribution < 1.29 is 0 Å². The molecule has 0 aliphatic carbocycles. The lowest BCUT2D eigenvalue weighted by Gasteiger charge is -2.20. The molecule has 1 aliphatic rings. The van der Waals surface area contributed by atoms with E-state index in [0.717, 1.165) is 22.5 Å². The predicted octanol–water partition coefficient (Wildman–Crippen LogP) is 6.90. The van der Waals surface area contributed by atoms with Crippen molar-refractivity contribution in [2.24, 2.45) is 4.99 Å². The summed E-state index contributed by atoms with van der Waals surface area (Å²) in [6.45, 7) is 0. The van der Waals surface area contributed by atoms with E-state index in [1.54, 1.807) is 0 Å². The van der Waals surface area contributed by atoms with Gasteiger partial charge >= 0.3 is 0 Å². The quantitative estimate of drug-likeness (QED) is 0.473. The fourth-order valence-corrected chi connectivity index (χ4v) is 3.48. The predicted molar refractivity (Wildman–Crippen MR) is 117 cm³/mol. The maximum Gasteiger partial charge on any atom is 0.129 e. The summed E-state index contributed by atoms with van der Waals surface area (Å²) in [5.41, 5.74) is 3.23. The largest absolute Gasteiger partial charge is 0.361 e. The monoisotopic (exact) mass is 436 g/mol. The van der Waals surface area contributed by atoms with Gasteiger partial charge < -0.3 is 5.32 Å². The summed E-state index contributed by atoms with van der Waals surface area (Å²) in [5.74, 6) is 0.849. The summed E-state index contributed by atoms with van der Waals surface area (Å²) in [5, 5.41) is 5.69. The lowest BCUT2D eigenvalue weighted by atomic mass is 9.95. The first-order chi connectivity index (χ1) is 12.6. The Morgan fingerprint density at radius 2 is 1.07 bits per heavy atom. The first kappa shape index (κ1) is 20.0. The number of halogens is 4. The maximum atomic E-state index is 6.05. The topological polar surface area (TPSA) is 24.4 Å². The SMILES string of the molecule is Cl.Clc1ccc(C2=N[C@@H](c3ccc(Cl)cc3)[C@@H](c3ccc(Cl)cc3)N2)cc1. The summed E-state index contributed by atoms with van der Waals surface area (Å²) in [6, 6.07) is 23.3. The zero-order valence-electron chi connectivity index (χ0n) is 14.1. The Morgan fingerprint density at radius 1 is 0.630 bits per heavy atom. The van der Waals surface area contributed by atoms with Gasteiger partial charge in [-0.15, -0.1) is 12.4 Å². The van der Waals surface area contributed by atoms with Crippen molar-refractivity contribution in [3.8, 4) is 0 Å². The summed E-state index contributed by atoms with van der Waals surface area (Å²) < 4.78 is 0. The molecule has 2 atom stereocenters. The molecule has 0 unspecified atom stereocenters. The van der Waals surface area contributed by atoms with E-state index in [-0.39, 0.29) is 24.5 Å². The second kappa shape index (κ2) is 8.53. The first-order valence-electron chi connectivity index (χ1n) is 8.21. The van der Waals surface area contributed by atoms with Crippen LogP contribution in [0.25, 0.3) is 0 Å². The van der Waals surface area contributed by atoms with Gasteiger partial charge in [-0.05, 0) is 59.7 Å². The van der Waals surface area contributed by atoms with E-state index in [4.69, 9.17) is 39.8 Å². The van der Waals surface area contributed by atoms with Gasteiger partial charge in [0.15, 0.2) is 0 Å². The molecular formula is C21H16Cl4N2. The Kier molecular flexibility index (Phi) is 6.33. The normalized spacial score (nSPS) is 18.4. The molecule has 0 aromatic heterocycles. The molecule has 27 heavy (non-hydrogen) atoms. The number of aliphatic imine (C=N–C) groups is 1. The zero-order valence-corrected chi connectivity index (χ0v) is 17.2. The van der Waals surface area contributed by atoms with Crippen molar-refractivity contribution in [2.45, 2.75) is 12.1 Å². The van der Waals surface area contributed by atoms with Gasteiger partial charge in [0.1, 0.15) is 11.9 Å². The van der Waals surface area contributed by atoms with Crippen LogP contribution in [0, 0.1) is 0 Å². The second-order valence-electron chi connectivity index (χ2n) is 6.15. The Labute approximate surface area is 179 Å². The van der Waals surface area contributed by atoms with Crippen molar-refractivity contribution in [3.05, 3.63) is 105 Å². The molecule has 0 saturated carbocycles. The molecule has 0 fully saturated rings. The standard InChI is InChI=1S/C21H15Cl3N2.ClH/c22-16-7-1-13(2-8-16)19-20(14-3-9-17(23)10-4-14)26-21(25-19)15-5-11-18(24)12-6-15;/h1-12,19-20H,(H,25,26);1H/t19-,20+;. The molecular weight excluding hydrogens is 422 g/mol. The molecule has 0 spiro atoms. The Bertz CT molecular complexity index is 935. The van der Waals surface area contributed by atoms with Crippen molar-refractivity contribution >= 4 is 53.0 Å². The number of rotatable bonds is 3. The third kappa shape index (κ3) is 4.41. The average molecular weight is 438 g/mol. The molecule has 1 aliphatic heterocycles. The highest BCUT2D eigenvalue weighted by Crippen LogP contribution is 2.37. The van der Waals surface area contributed by atoms with Crippen molar-refractivity contribution in [2.75, 3.05) is 0 Å². The third-order valence-electron chi connectivity index (χ3n) is 4.43. The smallest absolute Gasteiger partial charge is 0.129 e. The van der Waals surface area contributed by atoms with Crippen molar-refractivity contribution in [1.29, 1.82) is 0 Å². The van der Waals surface area contributed by atoms with Gasteiger partial charge in [0.25, 0.3) is 0 Å². The summed E-state index contributed by atoms with van der Waals surface area (Å²) in [7, 11) is 0. The number of hydrogen-bond acceptors (Lipinski definition) is 2. The summed E-state index contributed by atoms with van der Waals surface area (Å²) in [4.78, 5) is 4.95. The van der Waals surface area contributed by atoms with E-state index in [0.29, 0.717) is 15.1 Å². The van der Waals surface area contributed by atoms with Crippen LogP contribution in [-0.2, 0) is 0 Å². The molecule has 0 bridgehead atoms. The second-order valence-corrected chi connectivity index (χ2v) is 7.46. The van der Waals surface area contributed by atoms with Crippen LogP contribution in [0.5, 0.6) is 0 Å². The van der Waals surface area contributed by atoms with Crippen LogP contribution in [0.3, 0.4) is 0 Å². The van der Waals surface area contributed by atoms with Crippen molar-refractivity contribution in [1.82, 2.24) is 5.32 Å². The van der Waals surface area contributed by atoms with Gasteiger partial charge in [-0.2, -0.15) is 0 Å². The molecule has 4 rings (SSSR count). The highest BCUT2D eigenvalue weighted by molar-refractivity contribution is 6.31. The highest BCUT2D eigenvalue weighted by Gasteiger charge is 2.31. The Balaban J connectivity index is 0.00000210. The average Bonchev–Trinajstić information content (AvgIpc) is 3.09. The van der Waals surface area contributed by atoms with Crippen LogP contribution in [0.15, 0.2) is 77.8 Å². The molecule has 2 nitrogen and oxygen atoms in total. The number of nitrogens with one attached hydrogen (secondary N) is 1. The third-order valence-corrected chi connectivity index (χ3v) is 5.19. The number of hydrogen-bond donors (Lipinski definition) is 1. The molecule has 0 radical (unpaired) electrons. The van der Waals surface area contributed by atoms with Gasteiger partial charge in [0.2, 0.25) is 0 Å². The van der Waals surface area contributed by atoms with E-state index in [1.165, 1.54) is 0 Å².